The van der Waals surface area contributed by atoms with Crippen molar-refractivity contribution >= 4 is 17.0 Å². The van der Waals surface area contributed by atoms with Crippen molar-refractivity contribution in [3.63, 3.8) is 0 Å². The first-order valence-corrected chi connectivity index (χ1v) is 9.56. The normalized spacial score (nSPS) is 12.9. The van der Waals surface area contributed by atoms with Crippen molar-refractivity contribution in [3.8, 4) is 11.3 Å². The van der Waals surface area contributed by atoms with Gasteiger partial charge in [0.2, 0.25) is 0 Å². The zero-order chi connectivity index (χ0) is 18.6. The lowest BCUT2D eigenvalue weighted by Crippen LogP contribution is -2.20. The molecule has 2 aromatic carbocycles. The molecule has 2 heterocycles. The van der Waals surface area contributed by atoms with E-state index in [4.69, 9.17) is 4.99 Å². The summed E-state index contributed by atoms with van der Waals surface area (Å²) in [6, 6.07) is 20.8. The molecular weight excluding hydrogens is 357 g/mol. The molecule has 1 unspecified atom stereocenters. The van der Waals surface area contributed by atoms with Crippen molar-refractivity contribution < 1.29 is 4.39 Å². The van der Waals surface area contributed by atoms with Gasteiger partial charge in [-0.05, 0) is 54.4 Å². The molecule has 2 aromatic heterocycles. The van der Waals surface area contributed by atoms with E-state index in [2.05, 4.69) is 34.0 Å². The minimum absolute atomic E-state index is 0.0768. The molecular formula is C22H18FN3S. The number of nitrogens with zero attached hydrogens (tertiary/aromatic N) is 3. The van der Waals surface area contributed by atoms with E-state index < -0.39 is 0 Å². The Kier molecular flexibility index (Phi) is 4.94. The van der Waals surface area contributed by atoms with Crippen LogP contribution in [0.25, 0.3) is 11.3 Å². The van der Waals surface area contributed by atoms with E-state index in [1.54, 1.807) is 35.9 Å². The standard InChI is InChI=1S/C22H18FN3S/c1-16(17-6-3-2-4-7-17)26-21(18-9-11-19(23)12-10-18)15-27-22(26)25-20-8-5-13-24-14-20/h2-16H,1H3. The third kappa shape index (κ3) is 3.73. The minimum Gasteiger partial charge on any atom is -0.309 e. The summed E-state index contributed by atoms with van der Waals surface area (Å²) < 4.78 is 15.6. The summed E-state index contributed by atoms with van der Waals surface area (Å²) in [5, 5.41) is 2.07. The van der Waals surface area contributed by atoms with E-state index in [1.807, 2.05) is 30.3 Å². The number of thiazole rings is 1. The van der Waals surface area contributed by atoms with Gasteiger partial charge in [-0.25, -0.2) is 9.38 Å². The summed E-state index contributed by atoms with van der Waals surface area (Å²) in [7, 11) is 0. The Labute approximate surface area is 161 Å². The van der Waals surface area contributed by atoms with Gasteiger partial charge in [0.25, 0.3) is 0 Å². The topological polar surface area (TPSA) is 30.2 Å². The van der Waals surface area contributed by atoms with Crippen molar-refractivity contribution in [1.29, 1.82) is 0 Å². The molecule has 0 saturated heterocycles. The second-order valence-corrected chi connectivity index (χ2v) is 7.03. The number of aromatic nitrogens is 2. The van der Waals surface area contributed by atoms with Crippen LogP contribution in [0.4, 0.5) is 10.1 Å². The van der Waals surface area contributed by atoms with Gasteiger partial charge >= 0.3 is 0 Å². The SMILES string of the molecule is CC(c1ccccc1)n1c(-c2ccc(F)cc2)csc1=Nc1cccnc1. The molecule has 0 aliphatic carbocycles. The number of halogens is 1. The van der Waals surface area contributed by atoms with Crippen LogP contribution in [0, 0.1) is 5.82 Å². The first-order valence-electron chi connectivity index (χ1n) is 8.68. The molecule has 0 aliphatic rings. The van der Waals surface area contributed by atoms with E-state index in [0.717, 1.165) is 21.7 Å². The van der Waals surface area contributed by atoms with Crippen molar-refractivity contribution in [1.82, 2.24) is 9.55 Å². The number of benzene rings is 2. The molecule has 0 aliphatic heterocycles. The second kappa shape index (κ2) is 7.68. The van der Waals surface area contributed by atoms with Crippen molar-refractivity contribution in [2.75, 3.05) is 0 Å². The Balaban J connectivity index is 1.90. The smallest absolute Gasteiger partial charge is 0.191 e. The summed E-state index contributed by atoms with van der Waals surface area (Å²) in [4.78, 5) is 9.82. The molecule has 0 fully saturated rings. The van der Waals surface area contributed by atoms with Crippen LogP contribution < -0.4 is 4.80 Å². The van der Waals surface area contributed by atoms with Gasteiger partial charge in [0.05, 0.1) is 23.6 Å². The lowest BCUT2D eigenvalue weighted by atomic mass is 10.1. The van der Waals surface area contributed by atoms with Crippen LogP contribution in [0.3, 0.4) is 0 Å². The monoisotopic (exact) mass is 375 g/mol. The van der Waals surface area contributed by atoms with Crippen molar-refractivity contribution in [3.05, 3.63) is 101 Å². The Bertz CT molecular complexity index is 1080. The number of hydrogen-bond acceptors (Lipinski definition) is 3. The molecule has 5 heteroatoms. The third-order valence-corrected chi connectivity index (χ3v) is 5.26. The van der Waals surface area contributed by atoms with E-state index in [0.29, 0.717) is 0 Å². The Morgan fingerprint density at radius 1 is 1.00 bits per heavy atom. The van der Waals surface area contributed by atoms with Crippen molar-refractivity contribution in [2.24, 2.45) is 4.99 Å². The molecule has 0 N–H and O–H groups in total. The molecule has 27 heavy (non-hydrogen) atoms. The van der Waals surface area contributed by atoms with Gasteiger partial charge < -0.3 is 4.57 Å². The summed E-state index contributed by atoms with van der Waals surface area (Å²) in [6.45, 7) is 2.15. The van der Waals surface area contributed by atoms with Crippen LogP contribution in [0.1, 0.15) is 18.5 Å². The zero-order valence-electron chi connectivity index (χ0n) is 14.8. The second-order valence-electron chi connectivity index (χ2n) is 6.19. The Morgan fingerprint density at radius 3 is 2.48 bits per heavy atom. The highest BCUT2D eigenvalue weighted by Gasteiger charge is 2.15. The largest absolute Gasteiger partial charge is 0.309 e. The van der Waals surface area contributed by atoms with Gasteiger partial charge in [-0.2, -0.15) is 0 Å². The van der Waals surface area contributed by atoms with Crippen LogP contribution in [-0.4, -0.2) is 9.55 Å². The number of hydrogen-bond donors (Lipinski definition) is 0. The van der Waals surface area contributed by atoms with E-state index in [1.165, 1.54) is 17.7 Å². The third-order valence-electron chi connectivity index (χ3n) is 4.42. The van der Waals surface area contributed by atoms with E-state index >= 15 is 0 Å². The minimum atomic E-state index is -0.239. The van der Waals surface area contributed by atoms with Crippen LogP contribution in [-0.2, 0) is 0 Å². The molecule has 0 amide bonds. The average Bonchev–Trinajstić information content (AvgIpc) is 3.13. The van der Waals surface area contributed by atoms with Crippen LogP contribution >= 0.6 is 11.3 Å². The maximum Gasteiger partial charge on any atom is 0.191 e. The van der Waals surface area contributed by atoms with Gasteiger partial charge in [0, 0.05) is 11.6 Å². The average molecular weight is 375 g/mol. The van der Waals surface area contributed by atoms with Crippen LogP contribution in [0.15, 0.2) is 89.5 Å². The molecule has 4 rings (SSSR count). The fraction of sp³-hybridized carbons (Fsp3) is 0.0909. The molecule has 134 valence electrons. The molecule has 0 spiro atoms. The maximum absolute atomic E-state index is 13.4. The highest BCUT2D eigenvalue weighted by molar-refractivity contribution is 7.07. The fourth-order valence-corrected chi connectivity index (χ4v) is 4.01. The van der Waals surface area contributed by atoms with Gasteiger partial charge in [0.15, 0.2) is 4.80 Å². The lowest BCUT2D eigenvalue weighted by molar-refractivity contribution is 0.624. The van der Waals surface area contributed by atoms with Gasteiger partial charge in [-0.1, -0.05) is 30.3 Å². The number of pyridine rings is 1. The fourth-order valence-electron chi connectivity index (χ4n) is 3.02. The number of rotatable bonds is 4. The predicted molar refractivity (Wildman–Crippen MR) is 107 cm³/mol. The van der Waals surface area contributed by atoms with Crippen LogP contribution in [0.5, 0.6) is 0 Å². The van der Waals surface area contributed by atoms with Crippen molar-refractivity contribution in [2.45, 2.75) is 13.0 Å². The zero-order valence-corrected chi connectivity index (χ0v) is 15.6. The maximum atomic E-state index is 13.4. The molecule has 0 bridgehead atoms. The molecule has 0 radical (unpaired) electrons. The Hall–Kier alpha value is -3.05. The highest BCUT2D eigenvalue weighted by Crippen LogP contribution is 2.27. The van der Waals surface area contributed by atoms with Gasteiger partial charge in [-0.3, -0.25) is 4.98 Å². The predicted octanol–water partition coefficient (Wildman–Crippen LogP) is 5.59. The molecule has 0 saturated carbocycles. The molecule has 3 nitrogen and oxygen atoms in total. The summed E-state index contributed by atoms with van der Waals surface area (Å²) in [5.41, 5.74) is 3.97. The summed E-state index contributed by atoms with van der Waals surface area (Å²) >= 11 is 1.57. The van der Waals surface area contributed by atoms with Crippen LogP contribution in [0.2, 0.25) is 0 Å². The van der Waals surface area contributed by atoms with E-state index in [9.17, 15) is 4.39 Å². The van der Waals surface area contributed by atoms with Gasteiger partial charge in [0.1, 0.15) is 5.82 Å². The summed E-state index contributed by atoms with van der Waals surface area (Å²) in [5.74, 6) is -0.239. The highest BCUT2D eigenvalue weighted by atomic mass is 32.1. The summed E-state index contributed by atoms with van der Waals surface area (Å²) in [6.07, 6.45) is 3.48. The molecule has 1 atom stereocenters. The lowest BCUT2D eigenvalue weighted by Gasteiger charge is -2.18. The van der Waals surface area contributed by atoms with Gasteiger partial charge in [-0.15, -0.1) is 11.3 Å². The Morgan fingerprint density at radius 2 is 1.78 bits per heavy atom. The molecule has 4 aromatic rings. The first-order chi connectivity index (χ1) is 13.2. The quantitative estimate of drug-likeness (QED) is 0.457. The van der Waals surface area contributed by atoms with E-state index in [-0.39, 0.29) is 11.9 Å². The first kappa shape index (κ1) is 17.4.